The van der Waals surface area contributed by atoms with Crippen molar-refractivity contribution in [2.75, 3.05) is 38.1 Å². The fraction of sp³-hybridized carbons (Fsp3) is 0.556. The number of anilines is 1. The first kappa shape index (κ1) is 17.4. The highest BCUT2D eigenvalue weighted by atomic mass is 79.9. The van der Waals surface area contributed by atoms with Gasteiger partial charge in [-0.25, -0.2) is 0 Å². The summed E-state index contributed by atoms with van der Waals surface area (Å²) in [7, 11) is 1.94. The highest BCUT2D eigenvalue weighted by Gasteiger charge is 2.39. The molecule has 2 atom stereocenters. The first-order valence-corrected chi connectivity index (χ1v) is 9.28. The van der Waals surface area contributed by atoms with Gasteiger partial charge in [-0.05, 0) is 56.6 Å². The molecular weight excluding hydrogens is 370 g/mol. The number of likely N-dealkylation sites (tertiary alicyclic amines) is 1. The highest BCUT2D eigenvalue weighted by molar-refractivity contribution is 9.10. The number of rotatable bonds is 4. The largest absolute Gasteiger partial charge is 0.342 e. The number of nitrogens with one attached hydrogen (secondary N) is 1. The summed E-state index contributed by atoms with van der Waals surface area (Å²) in [6.07, 6.45) is 1.37. The minimum atomic E-state index is -0.213. The van der Waals surface area contributed by atoms with E-state index in [2.05, 4.69) is 21.2 Å². The molecule has 0 saturated carbocycles. The van der Waals surface area contributed by atoms with Crippen LogP contribution in [0, 0.1) is 18.8 Å². The predicted octanol–water partition coefficient (Wildman–Crippen LogP) is 2.18. The van der Waals surface area contributed by atoms with E-state index in [1.807, 2.05) is 37.1 Å². The zero-order valence-corrected chi connectivity index (χ0v) is 15.8. The molecule has 130 valence electrons. The quantitative estimate of drug-likeness (QED) is 0.852. The third-order valence-corrected chi connectivity index (χ3v) is 5.91. The minimum Gasteiger partial charge on any atom is -0.342 e. The zero-order chi connectivity index (χ0) is 17.3. The Labute approximate surface area is 151 Å². The lowest BCUT2D eigenvalue weighted by Crippen LogP contribution is -2.36. The molecule has 24 heavy (non-hydrogen) atoms. The molecule has 2 aliphatic heterocycles. The molecule has 0 spiro atoms. The molecule has 2 heterocycles. The van der Waals surface area contributed by atoms with E-state index in [1.165, 1.54) is 0 Å². The van der Waals surface area contributed by atoms with Crippen LogP contribution in [0.15, 0.2) is 22.7 Å². The number of hydrogen-bond donors (Lipinski definition) is 1. The Morgan fingerprint density at radius 1 is 1.38 bits per heavy atom. The number of carbonyl (C=O) groups excluding carboxylic acids is 2. The van der Waals surface area contributed by atoms with Gasteiger partial charge < -0.3 is 15.1 Å². The molecule has 0 radical (unpaired) electrons. The molecule has 0 unspecified atom stereocenters. The van der Waals surface area contributed by atoms with Crippen LogP contribution in [0.2, 0.25) is 0 Å². The summed E-state index contributed by atoms with van der Waals surface area (Å²) in [6, 6.07) is 5.88. The van der Waals surface area contributed by atoms with Gasteiger partial charge in [-0.3, -0.25) is 9.59 Å². The summed E-state index contributed by atoms with van der Waals surface area (Å²) in [4.78, 5) is 28.9. The summed E-state index contributed by atoms with van der Waals surface area (Å²) < 4.78 is 1.03. The second-order valence-electron chi connectivity index (χ2n) is 6.84. The fourth-order valence-corrected chi connectivity index (χ4v) is 3.91. The van der Waals surface area contributed by atoms with E-state index in [0.717, 1.165) is 41.8 Å². The summed E-state index contributed by atoms with van der Waals surface area (Å²) in [5.74, 6) is 0.496. The van der Waals surface area contributed by atoms with Crippen LogP contribution in [-0.4, -0.2) is 49.9 Å². The van der Waals surface area contributed by atoms with E-state index < -0.39 is 0 Å². The standard InChI is InChI=1S/C18H24BrN3O2/c1-12-7-15(3-4-16(12)19)22-11-14(8-17(22)23)18(24)21-6-5-13(10-21)9-20-2/h3-4,7,13-14,20H,5-6,8-11H2,1-2H3/t13-,14+/m1/s1. The molecule has 2 fully saturated rings. The predicted molar refractivity (Wildman–Crippen MR) is 98.0 cm³/mol. The lowest BCUT2D eigenvalue weighted by atomic mass is 10.1. The summed E-state index contributed by atoms with van der Waals surface area (Å²) in [5.41, 5.74) is 1.97. The first-order valence-electron chi connectivity index (χ1n) is 8.49. The van der Waals surface area contributed by atoms with Gasteiger partial charge in [0.2, 0.25) is 11.8 Å². The first-order chi connectivity index (χ1) is 11.5. The molecule has 0 aliphatic carbocycles. The van der Waals surface area contributed by atoms with E-state index in [4.69, 9.17) is 0 Å². The Morgan fingerprint density at radius 3 is 2.88 bits per heavy atom. The molecule has 0 aromatic heterocycles. The second kappa shape index (κ2) is 7.23. The minimum absolute atomic E-state index is 0.0426. The maximum absolute atomic E-state index is 12.8. The molecule has 2 aliphatic rings. The number of aryl methyl sites for hydroxylation is 1. The number of hydrogen-bond acceptors (Lipinski definition) is 3. The second-order valence-corrected chi connectivity index (χ2v) is 7.69. The van der Waals surface area contributed by atoms with E-state index in [0.29, 0.717) is 18.9 Å². The third-order valence-electron chi connectivity index (χ3n) is 5.02. The lowest BCUT2D eigenvalue weighted by Gasteiger charge is -2.21. The topological polar surface area (TPSA) is 52.7 Å². The lowest BCUT2D eigenvalue weighted by molar-refractivity contribution is -0.134. The van der Waals surface area contributed by atoms with Gasteiger partial charge in [0.25, 0.3) is 0 Å². The van der Waals surface area contributed by atoms with Crippen molar-refractivity contribution >= 4 is 33.4 Å². The number of amides is 2. The molecule has 1 aromatic rings. The Hall–Kier alpha value is -1.40. The summed E-state index contributed by atoms with van der Waals surface area (Å²) in [5, 5.41) is 3.18. The van der Waals surface area contributed by atoms with Crippen molar-refractivity contribution in [2.24, 2.45) is 11.8 Å². The third kappa shape index (κ3) is 3.49. The molecule has 2 amide bonds. The molecule has 0 bridgehead atoms. The van der Waals surface area contributed by atoms with Crippen LogP contribution in [0.3, 0.4) is 0 Å². The van der Waals surface area contributed by atoms with Crippen LogP contribution in [0.1, 0.15) is 18.4 Å². The summed E-state index contributed by atoms with van der Waals surface area (Å²) >= 11 is 3.48. The smallest absolute Gasteiger partial charge is 0.228 e. The van der Waals surface area contributed by atoms with Crippen molar-refractivity contribution in [1.29, 1.82) is 0 Å². The Kier molecular flexibility index (Phi) is 5.25. The van der Waals surface area contributed by atoms with Gasteiger partial charge in [0.1, 0.15) is 0 Å². The van der Waals surface area contributed by atoms with Crippen LogP contribution in [0.25, 0.3) is 0 Å². The van der Waals surface area contributed by atoms with Crippen molar-refractivity contribution in [3.8, 4) is 0 Å². The van der Waals surface area contributed by atoms with Crippen LogP contribution in [0.5, 0.6) is 0 Å². The van der Waals surface area contributed by atoms with Crippen molar-refractivity contribution in [1.82, 2.24) is 10.2 Å². The zero-order valence-electron chi connectivity index (χ0n) is 14.2. The van der Waals surface area contributed by atoms with Gasteiger partial charge in [0, 0.05) is 36.2 Å². The molecule has 3 rings (SSSR count). The van der Waals surface area contributed by atoms with Crippen LogP contribution in [0.4, 0.5) is 5.69 Å². The van der Waals surface area contributed by atoms with Gasteiger partial charge in [-0.15, -0.1) is 0 Å². The van der Waals surface area contributed by atoms with E-state index >= 15 is 0 Å². The summed E-state index contributed by atoms with van der Waals surface area (Å²) in [6.45, 7) is 5.06. The molecular formula is C18H24BrN3O2. The van der Waals surface area contributed by atoms with E-state index in [9.17, 15) is 9.59 Å². The average Bonchev–Trinajstić information content (AvgIpc) is 3.17. The average molecular weight is 394 g/mol. The van der Waals surface area contributed by atoms with Gasteiger partial charge >= 0.3 is 0 Å². The van der Waals surface area contributed by atoms with Crippen LogP contribution in [-0.2, 0) is 9.59 Å². The van der Waals surface area contributed by atoms with Crippen LogP contribution < -0.4 is 10.2 Å². The van der Waals surface area contributed by atoms with Crippen LogP contribution >= 0.6 is 15.9 Å². The van der Waals surface area contributed by atoms with Crippen molar-refractivity contribution < 1.29 is 9.59 Å². The Morgan fingerprint density at radius 2 is 2.17 bits per heavy atom. The number of halogens is 1. The maximum Gasteiger partial charge on any atom is 0.228 e. The van der Waals surface area contributed by atoms with Gasteiger partial charge in [-0.1, -0.05) is 15.9 Å². The van der Waals surface area contributed by atoms with Gasteiger partial charge in [-0.2, -0.15) is 0 Å². The Bertz CT molecular complexity index is 649. The van der Waals surface area contributed by atoms with Crippen molar-refractivity contribution in [3.05, 3.63) is 28.2 Å². The highest BCUT2D eigenvalue weighted by Crippen LogP contribution is 2.30. The number of nitrogens with zero attached hydrogens (tertiary/aromatic N) is 2. The van der Waals surface area contributed by atoms with Crippen molar-refractivity contribution in [2.45, 2.75) is 19.8 Å². The molecule has 1 aromatic carbocycles. The fourth-order valence-electron chi connectivity index (χ4n) is 3.67. The van der Waals surface area contributed by atoms with E-state index in [1.54, 1.807) is 4.90 Å². The van der Waals surface area contributed by atoms with E-state index in [-0.39, 0.29) is 17.7 Å². The Balaban J connectivity index is 1.66. The number of benzene rings is 1. The SMILES string of the molecule is CNC[C@H]1CCN(C(=O)[C@H]2CC(=O)N(c3ccc(Br)c(C)c3)C2)C1. The van der Waals surface area contributed by atoms with Gasteiger partial charge in [0.05, 0.1) is 5.92 Å². The molecule has 2 saturated heterocycles. The maximum atomic E-state index is 12.8. The van der Waals surface area contributed by atoms with Crippen molar-refractivity contribution in [3.63, 3.8) is 0 Å². The van der Waals surface area contributed by atoms with Gasteiger partial charge in [0.15, 0.2) is 0 Å². The normalized spacial score (nSPS) is 24.0. The molecule has 5 nitrogen and oxygen atoms in total. The number of carbonyl (C=O) groups is 2. The molecule has 1 N–H and O–H groups in total. The monoisotopic (exact) mass is 393 g/mol. The molecule has 6 heteroatoms.